The summed E-state index contributed by atoms with van der Waals surface area (Å²) >= 11 is 12.2. The Morgan fingerprint density at radius 3 is 2.33 bits per heavy atom. The summed E-state index contributed by atoms with van der Waals surface area (Å²) in [5.41, 5.74) is 3.63. The average Bonchev–Trinajstić information content (AvgIpc) is 3.30. The van der Waals surface area contributed by atoms with E-state index in [2.05, 4.69) is 20.7 Å². The molecular formula is C27H21Cl2N5O2. The van der Waals surface area contributed by atoms with Crippen LogP contribution < -0.4 is 15.4 Å². The van der Waals surface area contributed by atoms with E-state index in [1.807, 2.05) is 78.9 Å². The summed E-state index contributed by atoms with van der Waals surface area (Å²) in [6, 6.07) is 22.2. The van der Waals surface area contributed by atoms with Gasteiger partial charge in [0.05, 0.1) is 7.11 Å². The Bertz CT molecular complexity index is 1440. The average molecular weight is 518 g/mol. The van der Waals surface area contributed by atoms with Crippen LogP contribution >= 0.6 is 23.2 Å². The van der Waals surface area contributed by atoms with Crippen LogP contribution in [0.4, 0.5) is 11.9 Å². The Hall–Kier alpha value is -4.07. The first-order chi connectivity index (χ1) is 17.5. The molecule has 2 heterocycles. The van der Waals surface area contributed by atoms with E-state index in [-0.39, 0.29) is 17.9 Å². The molecule has 1 amide bonds. The zero-order valence-electron chi connectivity index (χ0n) is 19.2. The fourth-order valence-corrected chi connectivity index (χ4v) is 4.03. The van der Waals surface area contributed by atoms with Crippen LogP contribution in [-0.2, 0) is 4.79 Å². The van der Waals surface area contributed by atoms with Crippen LogP contribution in [0.5, 0.6) is 5.75 Å². The summed E-state index contributed by atoms with van der Waals surface area (Å²) in [6.45, 7) is 0. The number of nitrogens with zero attached hydrogens (tertiary/aromatic N) is 3. The third-order valence-corrected chi connectivity index (χ3v) is 6.11. The number of fused-ring (bicyclic) bond motifs is 1. The number of rotatable bonds is 6. The molecule has 2 N–H and O–H groups in total. The molecule has 0 fully saturated rings. The van der Waals surface area contributed by atoms with Crippen LogP contribution in [0.1, 0.15) is 22.7 Å². The van der Waals surface area contributed by atoms with Gasteiger partial charge in [-0.3, -0.25) is 10.1 Å². The van der Waals surface area contributed by atoms with E-state index >= 15 is 0 Å². The van der Waals surface area contributed by atoms with Crippen molar-refractivity contribution in [2.45, 2.75) is 6.04 Å². The predicted molar refractivity (Wildman–Crippen MR) is 143 cm³/mol. The number of nitrogens with one attached hydrogen (secondary N) is 2. The van der Waals surface area contributed by atoms with E-state index in [1.54, 1.807) is 17.9 Å². The summed E-state index contributed by atoms with van der Waals surface area (Å²) in [5, 5.41) is 11.9. The van der Waals surface area contributed by atoms with Gasteiger partial charge in [0.2, 0.25) is 5.95 Å². The van der Waals surface area contributed by atoms with Crippen LogP contribution in [0.15, 0.2) is 84.9 Å². The van der Waals surface area contributed by atoms with Crippen molar-refractivity contribution in [1.82, 2.24) is 14.8 Å². The molecule has 3 aromatic carbocycles. The summed E-state index contributed by atoms with van der Waals surface area (Å²) in [4.78, 5) is 17.1. The monoisotopic (exact) mass is 517 g/mol. The van der Waals surface area contributed by atoms with Gasteiger partial charge in [0.25, 0.3) is 11.9 Å². The van der Waals surface area contributed by atoms with Gasteiger partial charge in [0, 0.05) is 21.8 Å². The topological polar surface area (TPSA) is 81.1 Å². The highest BCUT2D eigenvalue weighted by atomic mass is 35.5. The molecule has 7 nitrogen and oxygen atoms in total. The Balaban J connectivity index is 1.40. The predicted octanol–water partition coefficient (Wildman–Crippen LogP) is 6.30. The fourth-order valence-electron chi connectivity index (χ4n) is 3.78. The lowest BCUT2D eigenvalue weighted by Gasteiger charge is -2.24. The number of amides is 1. The normalized spacial score (nSPS) is 14.6. The minimum Gasteiger partial charge on any atom is -0.497 e. The molecule has 0 unspecified atom stereocenters. The number of hydrogen-bond donors (Lipinski definition) is 2. The molecule has 1 aliphatic rings. The lowest BCUT2D eigenvalue weighted by molar-refractivity contribution is -0.111. The fraction of sp³-hybridized carbons (Fsp3) is 0.0741. The minimum atomic E-state index is -0.345. The maximum absolute atomic E-state index is 12.6. The van der Waals surface area contributed by atoms with E-state index in [9.17, 15) is 4.79 Å². The first-order valence-corrected chi connectivity index (χ1v) is 11.8. The van der Waals surface area contributed by atoms with Gasteiger partial charge in [-0.15, -0.1) is 5.10 Å². The second-order valence-corrected chi connectivity index (χ2v) is 8.88. The molecule has 4 aromatic rings. The molecule has 0 spiro atoms. The molecule has 5 rings (SSSR count). The van der Waals surface area contributed by atoms with Crippen molar-refractivity contribution in [2.75, 3.05) is 17.7 Å². The van der Waals surface area contributed by atoms with Crippen molar-refractivity contribution >= 4 is 52.8 Å². The molecule has 1 atom stereocenters. The second kappa shape index (κ2) is 10.3. The maximum atomic E-state index is 12.6. The van der Waals surface area contributed by atoms with Gasteiger partial charge in [0.1, 0.15) is 11.8 Å². The third kappa shape index (κ3) is 5.27. The molecule has 180 valence electrons. The Labute approximate surface area is 218 Å². The van der Waals surface area contributed by atoms with Gasteiger partial charge in [-0.1, -0.05) is 59.6 Å². The Kier molecular flexibility index (Phi) is 6.75. The van der Waals surface area contributed by atoms with E-state index < -0.39 is 0 Å². The van der Waals surface area contributed by atoms with E-state index in [0.29, 0.717) is 16.0 Å². The van der Waals surface area contributed by atoms with Crippen LogP contribution in [-0.4, -0.2) is 27.8 Å². The van der Waals surface area contributed by atoms with Crippen molar-refractivity contribution in [3.8, 4) is 5.75 Å². The van der Waals surface area contributed by atoms with Gasteiger partial charge < -0.3 is 10.1 Å². The highest BCUT2D eigenvalue weighted by Crippen LogP contribution is 2.34. The Morgan fingerprint density at radius 1 is 1.00 bits per heavy atom. The van der Waals surface area contributed by atoms with Gasteiger partial charge in [0.15, 0.2) is 0 Å². The molecular weight excluding hydrogens is 497 g/mol. The van der Waals surface area contributed by atoms with Crippen molar-refractivity contribution in [2.24, 2.45) is 0 Å². The number of halogens is 2. The minimum absolute atomic E-state index is 0.187. The first kappa shape index (κ1) is 23.7. The van der Waals surface area contributed by atoms with Gasteiger partial charge in [-0.25, -0.2) is 4.68 Å². The smallest absolute Gasteiger partial charge is 0.250 e. The molecule has 9 heteroatoms. The number of aromatic nitrogens is 3. The van der Waals surface area contributed by atoms with Crippen molar-refractivity contribution in [1.29, 1.82) is 0 Å². The number of ether oxygens (including phenoxy) is 1. The van der Waals surface area contributed by atoms with Crippen LogP contribution in [0.2, 0.25) is 10.0 Å². The lowest BCUT2D eigenvalue weighted by Crippen LogP contribution is -2.20. The summed E-state index contributed by atoms with van der Waals surface area (Å²) in [5.74, 6) is 1.09. The number of anilines is 2. The highest BCUT2D eigenvalue weighted by Gasteiger charge is 2.25. The molecule has 0 saturated carbocycles. The first-order valence-electron chi connectivity index (χ1n) is 11.1. The third-order valence-electron chi connectivity index (χ3n) is 5.61. The van der Waals surface area contributed by atoms with Crippen LogP contribution in [0.3, 0.4) is 0 Å². The van der Waals surface area contributed by atoms with Crippen LogP contribution in [0, 0.1) is 0 Å². The number of allylic oxidation sites excluding steroid dienone is 1. The molecule has 0 radical (unpaired) electrons. The van der Waals surface area contributed by atoms with Gasteiger partial charge >= 0.3 is 0 Å². The SMILES string of the molecule is COc1ccc(/C=C/C(=O)Nc2nc3n(n2)[C@@H](c2ccc(Cl)cc2)C=C(c2ccc(Cl)cc2)N3)cc1. The second-order valence-electron chi connectivity index (χ2n) is 8.01. The van der Waals surface area contributed by atoms with Crippen LogP contribution in [0.25, 0.3) is 11.8 Å². The highest BCUT2D eigenvalue weighted by molar-refractivity contribution is 6.30. The Morgan fingerprint density at radius 2 is 1.67 bits per heavy atom. The zero-order valence-corrected chi connectivity index (χ0v) is 20.7. The van der Waals surface area contributed by atoms with E-state index in [1.165, 1.54) is 6.08 Å². The lowest BCUT2D eigenvalue weighted by atomic mass is 10.0. The molecule has 36 heavy (non-hydrogen) atoms. The standard InChI is InChI=1S/C27H21Cl2N5O2/c1-36-22-13-2-17(3-14-22)4-15-25(35)31-26-32-27-30-23(18-5-9-20(28)10-6-18)16-24(34(27)33-26)19-7-11-21(29)12-8-19/h2-16,24H,1H3,(H2,30,31,32,33,35)/b15-4+/t24-/m1/s1. The molecule has 1 aliphatic heterocycles. The summed E-state index contributed by atoms with van der Waals surface area (Å²) in [6.07, 6.45) is 5.19. The van der Waals surface area contributed by atoms with Gasteiger partial charge in [-0.2, -0.15) is 4.98 Å². The maximum Gasteiger partial charge on any atom is 0.250 e. The molecule has 1 aromatic heterocycles. The number of carbonyl (C=O) groups is 1. The molecule has 0 saturated heterocycles. The van der Waals surface area contributed by atoms with Crippen molar-refractivity contribution < 1.29 is 9.53 Å². The largest absolute Gasteiger partial charge is 0.497 e. The van der Waals surface area contributed by atoms with E-state index in [4.69, 9.17) is 27.9 Å². The van der Waals surface area contributed by atoms with Gasteiger partial charge in [-0.05, 0) is 65.2 Å². The molecule has 0 bridgehead atoms. The summed E-state index contributed by atoms with van der Waals surface area (Å²) < 4.78 is 6.88. The number of benzene rings is 3. The summed E-state index contributed by atoms with van der Waals surface area (Å²) in [7, 11) is 1.61. The van der Waals surface area contributed by atoms with E-state index in [0.717, 1.165) is 28.1 Å². The molecule has 0 aliphatic carbocycles. The zero-order chi connectivity index (χ0) is 25.1. The number of carbonyl (C=O) groups excluding carboxylic acids is 1. The number of hydrogen-bond acceptors (Lipinski definition) is 5. The number of methoxy groups -OCH3 is 1. The van der Waals surface area contributed by atoms with Crippen molar-refractivity contribution in [3.63, 3.8) is 0 Å². The quantitative estimate of drug-likeness (QED) is 0.293. The van der Waals surface area contributed by atoms with Crippen molar-refractivity contribution in [3.05, 3.63) is 112 Å².